The first-order valence-corrected chi connectivity index (χ1v) is 3.93. The Labute approximate surface area is 67.3 Å². The van der Waals surface area contributed by atoms with Gasteiger partial charge in [0.25, 0.3) is 0 Å². The minimum absolute atomic E-state index is 0.209. The van der Waals surface area contributed by atoms with E-state index in [1.54, 1.807) is 7.11 Å². The summed E-state index contributed by atoms with van der Waals surface area (Å²) in [6, 6.07) is 0. The molecule has 1 rings (SSSR count). The molecule has 0 aromatic carbocycles. The topological polar surface area (TPSA) is 29.5 Å². The van der Waals surface area contributed by atoms with Crippen LogP contribution in [0.4, 0.5) is 0 Å². The smallest absolute Gasteiger partial charge is 0.224 e. The Morgan fingerprint density at radius 3 is 3.09 bits per heavy atom. The minimum Gasteiger partial charge on any atom is -0.384 e. The highest BCUT2D eigenvalue weighted by Crippen LogP contribution is 2.07. The lowest BCUT2D eigenvalue weighted by atomic mass is 10.4. The maximum Gasteiger partial charge on any atom is 0.224 e. The lowest BCUT2D eigenvalue weighted by molar-refractivity contribution is -0.130. The second kappa shape index (κ2) is 4.34. The van der Waals surface area contributed by atoms with Gasteiger partial charge in [-0.25, -0.2) is 0 Å². The fourth-order valence-electron chi connectivity index (χ4n) is 1.16. The number of rotatable bonds is 3. The molecule has 0 bridgehead atoms. The first-order chi connectivity index (χ1) is 5.34. The second-order valence-corrected chi connectivity index (χ2v) is 2.66. The zero-order chi connectivity index (χ0) is 8.10. The molecule has 63 valence electrons. The summed E-state index contributed by atoms with van der Waals surface area (Å²) in [5, 5.41) is 0. The van der Waals surface area contributed by atoms with Crippen LogP contribution in [0.5, 0.6) is 0 Å². The number of ether oxygens (including phenoxy) is 1. The van der Waals surface area contributed by atoms with Crippen LogP contribution in [-0.4, -0.2) is 37.6 Å². The van der Waals surface area contributed by atoms with Crippen LogP contribution in [-0.2, 0) is 9.53 Å². The van der Waals surface area contributed by atoms with Crippen LogP contribution in [0.25, 0.3) is 0 Å². The van der Waals surface area contributed by atoms with E-state index in [1.807, 2.05) is 4.90 Å². The molecule has 0 aromatic rings. The zero-order valence-corrected chi connectivity index (χ0v) is 6.88. The molecule has 1 radical (unpaired) electrons. The van der Waals surface area contributed by atoms with Gasteiger partial charge in [0.15, 0.2) is 0 Å². The normalized spacial score (nSPS) is 17.4. The molecular weight excluding hydrogens is 142 g/mol. The number of hydrogen-bond acceptors (Lipinski definition) is 2. The fourth-order valence-corrected chi connectivity index (χ4v) is 1.16. The predicted octanol–water partition coefficient (Wildman–Crippen LogP) is 0.459. The first kappa shape index (κ1) is 8.53. The van der Waals surface area contributed by atoms with Crippen molar-refractivity contribution in [1.82, 2.24) is 4.90 Å². The summed E-state index contributed by atoms with van der Waals surface area (Å²) in [5.74, 6) is 0.209. The number of hydrogen-bond donors (Lipinski definition) is 0. The molecule has 0 spiro atoms. The van der Waals surface area contributed by atoms with E-state index in [0.29, 0.717) is 13.0 Å². The van der Waals surface area contributed by atoms with Crippen molar-refractivity contribution in [3.8, 4) is 0 Å². The van der Waals surface area contributed by atoms with Crippen LogP contribution < -0.4 is 0 Å². The molecule has 0 aliphatic carbocycles. The molecule has 0 N–H and O–H groups in total. The van der Waals surface area contributed by atoms with Crippen LogP contribution in [0.15, 0.2) is 0 Å². The Hall–Kier alpha value is -0.570. The molecule has 1 heterocycles. The van der Waals surface area contributed by atoms with E-state index in [2.05, 4.69) is 6.42 Å². The first-order valence-electron chi connectivity index (χ1n) is 3.93. The number of likely N-dealkylation sites (tertiary alicyclic amines) is 1. The average Bonchev–Trinajstić information content (AvgIpc) is 2.52. The minimum atomic E-state index is 0.209. The van der Waals surface area contributed by atoms with Crippen LogP contribution in [0.2, 0.25) is 0 Å². The van der Waals surface area contributed by atoms with Gasteiger partial charge in [-0.2, -0.15) is 0 Å². The van der Waals surface area contributed by atoms with E-state index >= 15 is 0 Å². The SMILES string of the molecule is COCCC(=O)N1C[CH]CC1. The molecule has 0 unspecified atom stereocenters. The Balaban J connectivity index is 2.17. The fraction of sp³-hybridized carbons (Fsp3) is 0.750. The summed E-state index contributed by atoms with van der Waals surface area (Å²) in [6.07, 6.45) is 3.69. The summed E-state index contributed by atoms with van der Waals surface area (Å²) < 4.78 is 4.81. The van der Waals surface area contributed by atoms with Crippen molar-refractivity contribution in [3.63, 3.8) is 0 Å². The van der Waals surface area contributed by atoms with Gasteiger partial charge in [0.2, 0.25) is 5.91 Å². The van der Waals surface area contributed by atoms with Crippen molar-refractivity contribution in [2.24, 2.45) is 0 Å². The molecule has 1 amide bonds. The maximum absolute atomic E-state index is 11.2. The third kappa shape index (κ3) is 2.50. The molecule has 1 saturated heterocycles. The monoisotopic (exact) mass is 156 g/mol. The highest BCUT2D eigenvalue weighted by molar-refractivity contribution is 5.76. The summed E-state index contributed by atoms with van der Waals surface area (Å²) >= 11 is 0. The van der Waals surface area contributed by atoms with Crippen molar-refractivity contribution < 1.29 is 9.53 Å². The number of amides is 1. The quantitative estimate of drug-likeness (QED) is 0.594. The Kier molecular flexibility index (Phi) is 3.36. The van der Waals surface area contributed by atoms with Gasteiger partial charge >= 0.3 is 0 Å². The van der Waals surface area contributed by atoms with Gasteiger partial charge in [-0.1, -0.05) is 0 Å². The van der Waals surface area contributed by atoms with Crippen molar-refractivity contribution >= 4 is 5.91 Å². The van der Waals surface area contributed by atoms with E-state index in [1.165, 1.54) is 0 Å². The van der Waals surface area contributed by atoms with E-state index in [9.17, 15) is 4.79 Å². The van der Waals surface area contributed by atoms with Gasteiger partial charge in [-0.05, 0) is 12.8 Å². The lowest BCUT2D eigenvalue weighted by Gasteiger charge is -2.14. The number of nitrogens with zero attached hydrogens (tertiary/aromatic N) is 1. The van der Waals surface area contributed by atoms with Crippen LogP contribution in [0, 0.1) is 6.42 Å². The Morgan fingerprint density at radius 1 is 1.73 bits per heavy atom. The van der Waals surface area contributed by atoms with Gasteiger partial charge < -0.3 is 9.64 Å². The van der Waals surface area contributed by atoms with Crippen molar-refractivity contribution in [2.45, 2.75) is 12.8 Å². The third-order valence-corrected chi connectivity index (χ3v) is 1.83. The molecule has 0 aromatic heterocycles. The second-order valence-electron chi connectivity index (χ2n) is 2.66. The third-order valence-electron chi connectivity index (χ3n) is 1.83. The van der Waals surface area contributed by atoms with Gasteiger partial charge in [-0.3, -0.25) is 4.79 Å². The van der Waals surface area contributed by atoms with Crippen LogP contribution in [0.1, 0.15) is 12.8 Å². The van der Waals surface area contributed by atoms with E-state index in [4.69, 9.17) is 4.74 Å². The van der Waals surface area contributed by atoms with Gasteiger partial charge in [0.1, 0.15) is 0 Å². The summed E-state index contributed by atoms with van der Waals surface area (Å²) in [7, 11) is 1.61. The largest absolute Gasteiger partial charge is 0.384 e. The number of methoxy groups -OCH3 is 1. The Morgan fingerprint density at radius 2 is 2.55 bits per heavy atom. The van der Waals surface area contributed by atoms with Crippen molar-refractivity contribution in [3.05, 3.63) is 6.42 Å². The summed E-state index contributed by atoms with van der Waals surface area (Å²) in [5.41, 5.74) is 0. The number of carbonyl (C=O) groups excluding carboxylic acids is 1. The molecular formula is C8H14NO2. The van der Waals surface area contributed by atoms with E-state index in [0.717, 1.165) is 19.5 Å². The average molecular weight is 156 g/mol. The van der Waals surface area contributed by atoms with Gasteiger partial charge in [-0.15, -0.1) is 0 Å². The summed E-state index contributed by atoms with van der Waals surface area (Å²) in [6.45, 7) is 2.25. The molecule has 3 nitrogen and oxygen atoms in total. The van der Waals surface area contributed by atoms with E-state index in [-0.39, 0.29) is 5.91 Å². The van der Waals surface area contributed by atoms with E-state index < -0.39 is 0 Å². The van der Waals surface area contributed by atoms with Gasteiger partial charge in [0, 0.05) is 20.2 Å². The van der Waals surface area contributed by atoms with Crippen LogP contribution in [0.3, 0.4) is 0 Å². The Bertz CT molecular complexity index is 130. The van der Waals surface area contributed by atoms with Gasteiger partial charge in [0.05, 0.1) is 13.0 Å². The molecule has 11 heavy (non-hydrogen) atoms. The molecule has 0 atom stereocenters. The van der Waals surface area contributed by atoms with Crippen molar-refractivity contribution in [2.75, 3.05) is 26.8 Å². The standard InChI is InChI=1S/C8H14NO2/c1-11-7-4-8(10)9-5-2-3-6-9/h2H,3-7H2,1H3. The highest BCUT2D eigenvalue weighted by atomic mass is 16.5. The zero-order valence-electron chi connectivity index (χ0n) is 6.88. The molecule has 0 saturated carbocycles. The molecule has 1 aliphatic rings. The lowest BCUT2D eigenvalue weighted by Crippen LogP contribution is -2.28. The number of carbonyl (C=O) groups is 1. The maximum atomic E-state index is 11.2. The summed E-state index contributed by atoms with van der Waals surface area (Å²) in [4.78, 5) is 13.1. The highest BCUT2D eigenvalue weighted by Gasteiger charge is 2.16. The van der Waals surface area contributed by atoms with Crippen LogP contribution >= 0.6 is 0 Å². The predicted molar refractivity (Wildman–Crippen MR) is 42.0 cm³/mol. The molecule has 1 fully saturated rings. The molecule has 1 aliphatic heterocycles. The van der Waals surface area contributed by atoms with Crippen molar-refractivity contribution in [1.29, 1.82) is 0 Å². The molecule has 3 heteroatoms.